The highest BCUT2D eigenvalue weighted by atomic mass is 79.9. The summed E-state index contributed by atoms with van der Waals surface area (Å²) in [5.41, 5.74) is 3.36. The molecule has 0 radical (unpaired) electrons. The predicted octanol–water partition coefficient (Wildman–Crippen LogP) is 5.66. The Kier molecular flexibility index (Phi) is 4.42. The van der Waals surface area contributed by atoms with Gasteiger partial charge in [-0.1, -0.05) is 46.3 Å². The van der Waals surface area contributed by atoms with Crippen LogP contribution >= 0.6 is 38.6 Å². The Balaban J connectivity index is 1.95. The lowest BCUT2D eigenvalue weighted by Gasteiger charge is -2.09. The van der Waals surface area contributed by atoms with Crippen LogP contribution in [0.4, 0.5) is 5.13 Å². The molecule has 0 aliphatic rings. The highest BCUT2D eigenvalue weighted by molar-refractivity contribution is 9.10. The number of hydrogen-bond donors (Lipinski definition) is 0. The predicted molar refractivity (Wildman–Crippen MR) is 104 cm³/mol. The molecule has 0 aliphatic heterocycles. The maximum atomic E-state index is 4.72. The lowest BCUT2D eigenvalue weighted by atomic mass is 10.1. The van der Waals surface area contributed by atoms with Gasteiger partial charge in [0.2, 0.25) is 5.13 Å². The topological polar surface area (TPSA) is 30.2 Å². The number of thiazole rings is 2. The number of hydrogen-bond acceptors (Lipinski definition) is 4. The Labute approximate surface area is 155 Å². The van der Waals surface area contributed by atoms with Crippen molar-refractivity contribution in [3.63, 3.8) is 0 Å². The van der Waals surface area contributed by atoms with Crippen LogP contribution in [-0.4, -0.2) is 9.55 Å². The molecule has 0 spiro atoms. The first-order valence-electron chi connectivity index (χ1n) is 7.27. The van der Waals surface area contributed by atoms with E-state index in [2.05, 4.69) is 67.3 Å². The third-order valence-electron chi connectivity index (χ3n) is 3.47. The number of halogens is 1. The summed E-state index contributed by atoms with van der Waals surface area (Å²) in [5, 5.41) is 4.85. The molecule has 0 fully saturated rings. The quantitative estimate of drug-likeness (QED) is 0.426. The van der Waals surface area contributed by atoms with Gasteiger partial charge in [-0.15, -0.1) is 22.7 Å². The first-order chi connectivity index (χ1) is 11.8. The van der Waals surface area contributed by atoms with Gasteiger partial charge in [-0.2, -0.15) is 4.99 Å². The van der Waals surface area contributed by atoms with E-state index in [-0.39, 0.29) is 0 Å². The maximum absolute atomic E-state index is 4.72. The fraction of sp³-hybridized carbons (Fsp3) is 0. The van der Waals surface area contributed by atoms with Crippen LogP contribution < -0.4 is 4.80 Å². The van der Waals surface area contributed by atoms with Gasteiger partial charge in [0.1, 0.15) is 0 Å². The molecule has 118 valence electrons. The molecule has 4 aromatic rings. The minimum atomic E-state index is 0.767. The lowest BCUT2D eigenvalue weighted by Crippen LogP contribution is -2.13. The molecule has 0 amide bonds. The average Bonchev–Trinajstić information content (AvgIpc) is 3.27. The highest BCUT2D eigenvalue weighted by Crippen LogP contribution is 2.25. The third-order valence-corrected chi connectivity index (χ3v) is 5.49. The summed E-state index contributed by atoms with van der Waals surface area (Å²) in [4.78, 5) is 9.91. The highest BCUT2D eigenvalue weighted by Gasteiger charge is 2.10. The summed E-state index contributed by atoms with van der Waals surface area (Å²) >= 11 is 6.65. The van der Waals surface area contributed by atoms with Crippen LogP contribution in [0.1, 0.15) is 0 Å². The van der Waals surface area contributed by atoms with Crippen molar-refractivity contribution < 1.29 is 0 Å². The Morgan fingerprint density at radius 3 is 2.46 bits per heavy atom. The summed E-state index contributed by atoms with van der Waals surface area (Å²) in [6.45, 7) is 0. The van der Waals surface area contributed by atoms with Crippen LogP contribution in [0.5, 0.6) is 0 Å². The molecule has 2 aromatic carbocycles. The largest absolute Gasteiger partial charge is 0.285 e. The average molecular weight is 414 g/mol. The summed E-state index contributed by atoms with van der Waals surface area (Å²) < 4.78 is 3.25. The van der Waals surface area contributed by atoms with Crippen LogP contribution in [0.3, 0.4) is 0 Å². The number of aromatic nitrogens is 2. The molecule has 0 aliphatic carbocycles. The number of nitrogens with zero attached hydrogens (tertiary/aromatic N) is 3. The summed E-state index contributed by atoms with van der Waals surface area (Å²) in [6, 6.07) is 18.6. The van der Waals surface area contributed by atoms with E-state index in [0.717, 1.165) is 31.4 Å². The monoisotopic (exact) mass is 413 g/mol. The minimum Gasteiger partial charge on any atom is -0.285 e. The van der Waals surface area contributed by atoms with Crippen LogP contribution in [0.25, 0.3) is 16.9 Å². The van der Waals surface area contributed by atoms with E-state index >= 15 is 0 Å². The molecule has 0 saturated carbocycles. The van der Waals surface area contributed by atoms with Gasteiger partial charge in [0.25, 0.3) is 0 Å². The Morgan fingerprint density at radius 1 is 0.958 bits per heavy atom. The van der Waals surface area contributed by atoms with Gasteiger partial charge in [0.15, 0.2) is 4.80 Å². The zero-order valence-corrected chi connectivity index (χ0v) is 15.7. The van der Waals surface area contributed by atoms with Crippen molar-refractivity contribution in [3.05, 3.63) is 80.8 Å². The molecule has 2 heterocycles. The van der Waals surface area contributed by atoms with Crippen molar-refractivity contribution >= 4 is 43.7 Å². The van der Waals surface area contributed by atoms with Crippen molar-refractivity contribution in [1.82, 2.24) is 9.55 Å². The van der Waals surface area contributed by atoms with Crippen molar-refractivity contribution in [2.24, 2.45) is 4.99 Å². The molecule has 2 aromatic heterocycles. The second-order valence-corrected chi connectivity index (χ2v) is 7.63. The van der Waals surface area contributed by atoms with E-state index in [0.29, 0.717) is 0 Å². The fourth-order valence-electron chi connectivity index (χ4n) is 2.39. The number of rotatable bonds is 3. The zero-order valence-electron chi connectivity index (χ0n) is 12.5. The van der Waals surface area contributed by atoms with Crippen LogP contribution in [0.2, 0.25) is 0 Å². The first kappa shape index (κ1) is 15.5. The Hall–Kier alpha value is -2.02. The third kappa shape index (κ3) is 3.13. The van der Waals surface area contributed by atoms with E-state index in [1.165, 1.54) is 11.3 Å². The standard InChI is InChI=1S/C18H12BrN3S2/c19-14-8-6-13(7-9-14)16-12-24-18(21-17-20-10-11-23-17)22(16)15-4-2-1-3-5-15/h1-12H. The first-order valence-corrected chi connectivity index (χ1v) is 9.82. The lowest BCUT2D eigenvalue weighted by molar-refractivity contribution is 1.01. The second-order valence-electron chi connectivity index (χ2n) is 5.01. The smallest absolute Gasteiger partial charge is 0.211 e. The van der Waals surface area contributed by atoms with Gasteiger partial charge < -0.3 is 0 Å². The SMILES string of the molecule is Brc1ccc(-c2csc(=Nc3nccs3)n2-c2ccccc2)cc1. The Bertz CT molecular complexity index is 1000. The molecule has 0 atom stereocenters. The zero-order chi connectivity index (χ0) is 16.4. The van der Waals surface area contributed by atoms with E-state index in [4.69, 9.17) is 4.99 Å². The fourth-order valence-corrected chi connectivity index (χ4v) is 4.12. The van der Waals surface area contributed by atoms with Gasteiger partial charge in [-0.3, -0.25) is 4.57 Å². The number of para-hydroxylation sites is 1. The molecule has 0 bridgehead atoms. The normalized spacial score (nSPS) is 11.8. The van der Waals surface area contributed by atoms with Gasteiger partial charge in [0.05, 0.1) is 5.69 Å². The van der Waals surface area contributed by atoms with Crippen LogP contribution in [0.15, 0.2) is 81.0 Å². The molecule has 3 nitrogen and oxygen atoms in total. The van der Waals surface area contributed by atoms with Crippen molar-refractivity contribution in [2.75, 3.05) is 0 Å². The summed E-state index contributed by atoms with van der Waals surface area (Å²) in [6.07, 6.45) is 1.78. The van der Waals surface area contributed by atoms with Gasteiger partial charge in [-0.25, -0.2) is 4.98 Å². The molecule has 0 N–H and O–H groups in total. The maximum Gasteiger partial charge on any atom is 0.211 e. The Morgan fingerprint density at radius 2 is 1.75 bits per heavy atom. The molecule has 6 heteroatoms. The second kappa shape index (κ2) is 6.84. The molecule has 0 saturated heterocycles. The van der Waals surface area contributed by atoms with Crippen molar-refractivity contribution in [3.8, 4) is 16.9 Å². The van der Waals surface area contributed by atoms with Gasteiger partial charge in [0, 0.05) is 27.1 Å². The van der Waals surface area contributed by atoms with E-state index in [1.807, 2.05) is 23.6 Å². The molecule has 24 heavy (non-hydrogen) atoms. The van der Waals surface area contributed by atoms with Crippen molar-refractivity contribution in [2.45, 2.75) is 0 Å². The molecular formula is C18H12BrN3S2. The van der Waals surface area contributed by atoms with Crippen molar-refractivity contribution in [1.29, 1.82) is 0 Å². The molecule has 0 unspecified atom stereocenters. The summed E-state index contributed by atoms with van der Waals surface area (Å²) in [7, 11) is 0. The van der Waals surface area contributed by atoms with E-state index in [9.17, 15) is 0 Å². The summed E-state index contributed by atoms with van der Waals surface area (Å²) in [5.74, 6) is 0. The van der Waals surface area contributed by atoms with Crippen LogP contribution in [0, 0.1) is 0 Å². The van der Waals surface area contributed by atoms with E-state index in [1.54, 1.807) is 17.5 Å². The minimum absolute atomic E-state index is 0.767. The number of benzene rings is 2. The van der Waals surface area contributed by atoms with Gasteiger partial charge >= 0.3 is 0 Å². The molecular weight excluding hydrogens is 402 g/mol. The van der Waals surface area contributed by atoms with E-state index < -0.39 is 0 Å². The van der Waals surface area contributed by atoms with Gasteiger partial charge in [-0.05, 0) is 29.8 Å². The van der Waals surface area contributed by atoms with Crippen LogP contribution in [-0.2, 0) is 0 Å². The molecule has 4 rings (SSSR count).